The number of nitrogens with one attached hydrogen (secondary N) is 1. The Morgan fingerprint density at radius 3 is 2.85 bits per heavy atom. The van der Waals surface area contributed by atoms with Crippen LogP contribution >= 0.6 is 11.3 Å². The first-order valence-electron chi connectivity index (χ1n) is 6.11. The van der Waals surface area contributed by atoms with Crippen molar-refractivity contribution >= 4 is 33.9 Å². The summed E-state index contributed by atoms with van der Waals surface area (Å²) >= 11 is 1.38. The highest BCUT2D eigenvalue weighted by molar-refractivity contribution is 7.12. The monoisotopic (exact) mass is 284 g/mol. The van der Waals surface area contributed by atoms with Crippen molar-refractivity contribution in [2.75, 3.05) is 0 Å². The highest BCUT2D eigenvalue weighted by Crippen LogP contribution is 2.19. The van der Waals surface area contributed by atoms with Crippen LogP contribution in [0.5, 0.6) is 0 Å². The van der Waals surface area contributed by atoms with Gasteiger partial charge in [-0.1, -0.05) is 24.3 Å². The van der Waals surface area contributed by atoms with E-state index in [1.54, 1.807) is 13.0 Å². The molecule has 0 aliphatic rings. The lowest BCUT2D eigenvalue weighted by molar-refractivity contribution is 0.0959. The van der Waals surface area contributed by atoms with E-state index >= 15 is 0 Å². The summed E-state index contributed by atoms with van der Waals surface area (Å²) in [7, 11) is 0. The molecule has 2 heterocycles. The molecule has 1 N–H and O–H groups in total. The highest BCUT2D eigenvalue weighted by Gasteiger charge is 2.08. The van der Waals surface area contributed by atoms with Gasteiger partial charge in [0.1, 0.15) is 11.3 Å². The summed E-state index contributed by atoms with van der Waals surface area (Å²) < 4.78 is 5.67. The molecule has 20 heavy (non-hydrogen) atoms. The summed E-state index contributed by atoms with van der Waals surface area (Å²) in [6.45, 7) is 1.80. The number of hydrogen-bond acceptors (Lipinski definition) is 4. The van der Waals surface area contributed by atoms with Crippen LogP contribution in [0, 0.1) is 0 Å². The van der Waals surface area contributed by atoms with Crippen molar-refractivity contribution in [3.8, 4) is 0 Å². The van der Waals surface area contributed by atoms with Crippen LogP contribution in [0.25, 0.3) is 11.0 Å². The summed E-state index contributed by atoms with van der Waals surface area (Å²) in [4.78, 5) is 12.4. The number of furan rings is 1. The van der Waals surface area contributed by atoms with Gasteiger partial charge in [-0.2, -0.15) is 5.10 Å². The lowest BCUT2D eigenvalue weighted by atomic mass is 10.2. The third-order valence-corrected chi connectivity index (χ3v) is 3.72. The third-order valence-electron chi connectivity index (χ3n) is 2.85. The van der Waals surface area contributed by atoms with E-state index in [1.807, 2.05) is 41.8 Å². The topological polar surface area (TPSA) is 54.6 Å². The van der Waals surface area contributed by atoms with Gasteiger partial charge in [0.25, 0.3) is 5.91 Å². The second kappa shape index (κ2) is 5.30. The summed E-state index contributed by atoms with van der Waals surface area (Å²) in [5.41, 5.74) is 3.96. The van der Waals surface area contributed by atoms with Crippen molar-refractivity contribution in [3.05, 3.63) is 58.5 Å². The Morgan fingerprint density at radius 2 is 2.10 bits per heavy atom. The standard InChI is InChI=1S/C15H12N2O2S/c1-10(16-17-15(18)14-7-4-8-20-14)13-9-11-5-2-3-6-12(11)19-13/h2-9H,1H3,(H,17,18)/b16-10+. The lowest BCUT2D eigenvalue weighted by Gasteiger charge is -1.98. The maximum atomic E-state index is 11.8. The van der Waals surface area contributed by atoms with Gasteiger partial charge in [0, 0.05) is 5.39 Å². The minimum atomic E-state index is -0.213. The number of nitrogens with zero attached hydrogens (tertiary/aromatic N) is 1. The molecule has 5 heteroatoms. The largest absolute Gasteiger partial charge is 0.455 e. The molecule has 2 aromatic heterocycles. The number of carbonyl (C=O) groups is 1. The summed E-state index contributed by atoms with van der Waals surface area (Å²) in [6.07, 6.45) is 0. The molecule has 0 radical (unpaired) electrons. The van der Waals surface area contributed by atoms with E-state index in [-0.39, 0.29) is 5.91 Å². The molecule has 0 atom stereocenters. The molecule has 0 bridgehead atoms. The zero-order valence-electron chi connectivity index (χ0n) is 10.8. The number of hydrazone groups is 1. The minimum Gasteiger partial charge on any atom is -0.455 e. The van der Waals surface area contributed by atoms with Crippen molar-refractivity contribution in [1.82, 2.24) is 5.43 Å². The van der Waals surface area contributed by atoms with Crippen LogP contribution in [-0.2, 0) is 0 Å². The molecule has 4 nitrogen and oxygen atoms in total. The molecule has 0 unspecified atom stereocenters. The Balaban J connectivity index is 1.79. The van der Waals surface area contributed by atoms with E-state index in [0.29, 0.717) is 16.3 Å². The molecule has 0 saturated heterocycles. The van der Waals surface area contributed by atoms with Gasteiger partial charge in [-0.25, -0.2) is 5.43 Å². The van der Waals surface area contributed by atoms with Crippen LogP contribution < -0.4 is 5.43 Å². The zero-order chi connectivity index (χ0) is 13.9. The average Bonchev–Trinajstić information content (AvgIpc) is 3.12. The maximum Gasteiger partial charge on any atom is 0.281 e. The Kier molecular flexibility index (Phi) is 3.35. The van der Waals surface area contributed by atoms with Crippen molar-refractivity contribution in [2.45, 2.75) is 6.92 Å². The summed E-state index contributed by atoms with van der Waals surface area (Å²) in [5.74, 6) is 0.438. The number of amides is 1. The van der Waals surface area contributed by atoms with Crippen LogP contribution in [0.4, 0.5) is 0 Å². The van der Waals surface area contributed by atoms with E-state index in [1.165, 1.54) is 11.3 Å². The molecule has 0 saturated carbocycles. The normalized spacial score (nSPS) is 11.8. The lowest BCUT2D eigenvalue weighted by Crippen LogP contribution is -2.17. The van der Waals surface area contributed by atoms with Gasteiger partial charge in [0.2, 0.25) is 0 Å². The SMILES string of the molecule is C/C(=N\NC(=O)c1cccs1)c1cc2ccccc2o1. The number of thiophene rings is 1. The molecule has 0 fully saturated rings. The van der Waals surface area contributed by atoms with Gasteiger partial charge in [0.05, 0.1) is 4.88 Å². The summed E-state index contributed by atoms with van der Waals surface area (Å²) in [6, 6.07) is 13.2. The van der Waals surface area contributed by atoms with Gasteiger partial charge in [-0.05, 0) is 30.5 Å². The van der Waals surface area contributed by atoms with Crippen LogP contribution in [0.1, 0.15) is 22.4 Å². The summed E-state index contributed by atoms with van der Waals surface area (Å²) in [5, 5.41) is 6.94. The fraction of sp³-hybridized carbons (Fsp3) is 0.0667. The van der Waals surface area contributed by atoms with Crippen molar-refractivity contribution in [1.29, 1.82) is 0 Å². The van der Waals surface area contributed by atoms with Crippen LogP contribution in [0.2, 0.25) is 0 Å². The van der Waals surface area contributed by atoms with Crippen molar-refractivity contribution < 1.29 is 9.21 Å². The molecule has 1 amide bonds. The molecule has 100 valence electrons. The van der Waals surface area contributed by atoms with Gasteiger partial charge in [-0.15, -0.1) is 11.3 Å². The third kappa shape index (κ3) is 2.48. The molecule has 3 rings (SSSR count). The van der Waals surface area contributed by atoms with E-state index in [4.69, 9.17) is 4.42 Å². The molecule has 1 aromatic carbocycles. The smallest absolute Gasteiger partial charge is 0.281 e. The van der Waals surface area contributed by atoms with Gasteiger partial charge in [0.15, 0.2) is 5.76 Å². The first-order chi connectivity index (χ1) is 9.74. The number of benzene rings is 1. The zero-order valence-corrected chi connectivity index (χ0v) is 11.6. The first kappa shape index (κ1) is 12.6. The quantitative estimate of drug-likeness (QED) is 0.589. The van der Waals surface area contributed by atoms with Gasteiger partial charge < -0.3 is 4.42 Å². The number of fused-ring (bicyclic) bond motifs is 1. The van der Waals surface area contributed by atoms with E-state index in [0.717, 1.165) is 11.0 Å². The Labute approximate surface area is 119 Å². The fourth-order valence-corrected chi connectivity index (χ4v) is 2.43. The predicted octanol–water partition coefficient (Wildman–Crippen LogP) is 3.65. The second-order valence-electron chi connectivity index (χ2n) is 4.26. The van der Waals surface area contributed by atoms with E-state index in [9.17, 15) is 4.79 Å². The first-order valence-corrected chi connectivity index (χ1v) is 6.99. The Hall–Kier alpha value is -2.40. The number of para-hydroxylation sites is 1. The van der Waals surface area contributed by atoms with E-state index < -0.39 is 0 Å². The Bertz CT molecular complexity index is 739. The second-order valence-corrected chi connectivity index (χ2v) is 5.21. The van der Waals surface area contributed by atoms with E-state index in [2.05, 4.69) is 10.5 Å². The van der Waals surface area contributed by atoms with Crippen molar-refractivity contribution in [3.63, 3.8) is 0 Å². The number of hydrogen-bond donors (Lipinski definition) is 1. The molecule has 0 spiro atoms. The molecular weight excluding hydrogens is 272 g/mol. The van der Waals surface area contributed by atoms with Crippen LogP contribution in [0.3, 0.4) is 0 Å². The molecule has 0 aliphatic carbocycles. The Morgan fingerprint density at radius 1 is 1.25 bits per heavy atom. The minimum absolute atomic E-state index is 0.213. The van der Waals surface area contributed by atoms with Gasteiger partial charge >= 0.3 is 0 Å². The number of carbonyl (C=O) groups excluding carboxylic acids is 1. The number of rotatable bonds is 3. The molecule has 0 aliphatic heterocycles. The molecule has 3 aromatic rings. The van der Waals surface area contributed by atoms with Crippen LogP contribution in [0.15, 0.2) is 57.4 Å². The maximum absolute atomic E-state index is 11.8. The van der Waals surface area contributed by atoms with Crippen LogP contribution in [-0.4, -0.2) is 11.6 Å². The van der Waals surface area contributed by atoms with Crippen molar-refractivity contribution in [2.24, 2.45) is 5.10 Å². The average molecular weight is 284 g/mol. The molecular formula is C15H12N2O2S. The predicted molar refractivity (Wildman–Crippen MR) is 80.2 cm³/mol. The van der Waals surface area contributed by atoms with Gasteiger partial charge in [-0.3, -0.25) is 4.79 Å². The fourth-order valence-electron chi connectivity index (χ4n) is 1.81. The highest BCUT2D eigenvalue weighted by atomic mass is 32.1.